The second-order valence-corrected chi connectivity index (χ2v) is 8.64. The van der Waals surface area contributed by atoms with Crippen molar-refractivity contribution in [3.63, 3.8) is 0 Å². The lowest BCUT2D eigenvalue weighted by Gasteiger charge is -2.61. The fourth-order valence-electron chi connectivity index (χ4n) is 7.47. The van der Waals surface area contributed by atoms with E-state index in [1.807, 2.05) is 0 Å². The molecule has 2 heteroatoms. The van der Waals surface area contributed by atoms with Gasteiger partial charge in [0.25, 0.3) is 0 Å². The molecule has 2 aliphatic heterocycles. The fraction of sp³-hybridized carbons (Fsp3) is 0.944. The summed E-state index contributed by atoms with van der Waals surface area (Å²) in [4.78, 5) is 12.7. The number of fused-ring (bicyclic) bond motifs is 2. The van der Waals surface area contributed by atoms with Crippen molar-refractivity contribution in [2.24, 2.45) is 46.8 Å². The van der Waals surface area contributed by atoms with Gasteiger partial charge < -0.3 is 4.74 Å². The highest BCUT2D eigenvalue weighted by Crippen LogP contribution is 2.71. The molecule has 4 saturated carbocycles. The summed E-state index contributed by atoms with van der Waals surface area (Å²) in [5, 5.41) is 0. The summed E-state index contributed by atoms with van der Waals surface area (Å²) in [6, 6.07) is 0. The molecule has 2 saturated heterocycles. The van der Waals surface area contributed by atoms with Crippen molar-refractivity contribution in [1.82, 2.24) is 0 Å². The highest BCUT2D eigenvalue weighted by molar-refractivity contribution is 5.80. The van der Waals surface area contributed by atoms with Gasteiger partial charge in [0.15, 0.2) is 0 Å². The molecule has 0 aromatic heterocycles. The zero-order valence-corrected chi connectivity index (χ0v) is 12.7. The van der Waals surface area contributed by atoms with Crippen LogP contribution >= 0.6 is 0 Å². The van der Waals surface area contributed by atoms with Crippen LogP contribution in [0.4, 0.5) is 0 Å². The Morgan fingerprint density at radius 3 is 2.75 bits per heavy atom. The van der Waals surface area contributed by atoms with Crippen LogP contribution in [0.1, 0.15) is 52.4 Å². The minimum Gasteiger partial charge on any atom is -0.462 e. The van der Waals surface area contributed by atoms with Crippen LogP contribution < -0.4 is 0 Å². The second-order valence-electron chi connectivity index (χ2n) is 8.64. The van der Waals surface area contributed by atoms with Gasteiger partial charge in [0, 0.05) is 5.92 Å². The lowest BCUT2D eigenvalue weighted by Crippen LogP contribution is -2.64. The molecule has 1 spiro atoms. The predicted octanol–water partition coefficient (Wildman–Crippen LogP) is 3.65. The smallest absolute Gasteiger partial charge is 0.312 e. The SMILES string of the molecule is CC1CCC2CC[C@@]34C(=O)O[C@@H](C[C@@H]3C)C3CC1C2C34. The highest BCUT2D eigenvalue weighted by atomic mass is 16.5. The van der Waals surface area contributed by atoms with Crippen molar-refractivity contribution >= 4 is 5.97 Å². The number of rotatable bonds is 0. The largest absolute Gasteiger partial charge is 0.462 e. The molecule has 2 nitrogen and oxygen atoms in total. The zero-order chi connectivity index (χ0) is 13.6. The highest BCUT2D eigenvalue weighted by Gasteiger charge is 2.71. The number of hydrogen-bond acceptors (Lipinski definition) is 2. The molecule has 4 aliphatic carbocycles. The van der Waals surface area contributed by atoms with E-state index in [0.29, 0.717) is 17.8 Å². The van der Waals surface area contributed by atoms with Crippen LogP contribution in [-0.4, -0.2) is 12.1 Å². The Morgan fingerprint density at radius 2 is 1.95 bits per heavy atom. The number of esters is 1. The molecule has 0 aromatic carbocycles. The van der Waals surface area contributed by atoms with Crippen LogP contribution in [0.3, 0.4) is 0 Å². The van der Waals surface area contributed by atoms with Crippen molar-refractivity contribution in [3.05, 3.63) is 0 Å². The predicted molar refractivity (Wildman–Crippen MR) is 75.8 cm³/mol. The quantitative estimate of drug-likeness (QED) is 0.630. The van der Waals surface area contributed by atoms with Crippen LogP contribution in [0.2, 0.25) is 0 Å². The summed E-state index contributed by atoms with van der Waals surface area (Å²) in [5.41, 5.74) is -0.0770. The van der Waals surface area contributed by atoms with Crippen LogP contribution in [0.5, 0.6) is 0 Å². The Morgan fingerprint density at radius 1 is 1.10 bits per heavy atom. The second kappa shape index (κ2) is 3.62. The molecule has 2 bridgehead atoms. The van der Waals surface area contributed by atoms with Crippen molar-refractivity contribution in [1.29, 1.82) is 0 Å². The van der Waals surface area contributed by atoms with E-state index in [1.165, 1.54) is 25.7 Å². The molecule has 9 atom stereocenters. The van der Waals surface area contributed by atoms with Gasteiger partial charge in [-0.05, 0) is 67.6 Å². The van der Waals surface area contributed by atoms with E-state index in [2.05, 4.69) is 13.8 Å². The van der Waals surface area contributed by atoms with Crippen LogP contribution in [0, 0.1) is 46.8 Å². The van der Waals surface area contributed by atoms with Gasteiger partial charge in [0.1, 0.15) is 6.10 Å². The maximum absolute atomic E-state index is 12.7. The molecule has 0 N–H and O–H groups in total. The van der Waals surface area contributed by atoms with Gasteiger partial charge >= 0.3 is 5.97 Å². The van der Waals surface area contributed by atoms with E-state index in [9.17, 15) is 4.79 Å². The van der Waals surface area contributed by atoms with E-state index in [1.54, 1.807) is 0 Å². The number of hydrogen-bond donors (Lipinski definition) is 0. The van der Waals surface area contributed by atoms with Crippen molar-refractivity contribution < 1.29 is 9.53 Å². The maximum atomic E-state index is 12.7. The van der Waals surface area contributed by atoms with Gasteiger partial charge in [-0.2, -0.15) is 0 Å². The zero-order valence-electron chi connectivity index (χ0n) is 12.7. The fourth-order valence-corrected chi connectivity index (χ4v) is 7.47. The normalized spacial score (nSPS) is 63.0. The molecule has 2 heterocycles. The average molecular weight is 274 g/mol. The lowest BCUT2D eigenvalue weighted by atomic mass is 9.46. The van der Waals surface area contributed by atoms with Gasteiger partial charge in [-0.25, -0.2) is 0 Å². The van der Waals surface area contributed by atoms with Crippen molar-refractivity contribution in [3.8, 4) is 0 Å². The summed E-state index contributed by atoms with van der Waals surface area (Å²) in [7, 11) is 0. The molecule has 0 aromatic rings. The Labute approximate surface area is 121 Å². The van der Waals surface area contributed by atoms with E-state index in [0.717, 1.165) is 36.5 Å². The monoisotopic (exact) mass is 274 g/mol. The van der Waals surface area contributed by atoms with Gasteiger partial charge in [0.05, 0.1) is 5.41 Å². The summed E-state index contributed by atoms with van der Waals surface area (Å²) < 4.78 is 5.89. The van der Waals surface area contributed by atoms with Crippen molar-refractivity contribution in [2.45, 2.75) is 58.5 Å². The third kappa shape index (κ3) is 1.14. The van der Waals surface area contributed by atoms with Gasteiger partial charge in [0.2, 0.25) is 0 Å². The Kier molecular flexibility index (Phi) is 2.18. The summed E-state index contributed by atoms with van der Waals surface area (Å²) >= 11 is 0. The van der Waals surface area contributed by atoms with Crippen LogP contribution in [0.25, 0.3) is 0 Å². The Bertz CT molecular complexity index is 472. The number of carbonyl (C=O) groups is 1. The molecule has 6 unspecified atom stereocenters. The first-order valence-corrected chi connectivity index (χ1v) is 8.84. The maximum Gasteiger partial charge on any atom is 0.312 e. The van der Waals surface area contributed by atoms with Gasteiger partial charge in [-0.3, -0.25) is 4.79 Å². The van der Waals surface area contributed by atoms with Crippen LogP contribution in [-0.2, 0) is 9.53 Å². The lowest BCUT2D eigenvalue weighted by molar-refractivity contribution is -0.229. The third-order valence-electron chi connectivity index (χ3n) is 8.29. The average Bonchev–Trinajstić information content (AvgIpc) is 2.84. The number of ether oxygens (including phenoxy) is 1. The van der Waals surface area contributed by atoms with Crippen LogP contribution in [0.15, 0.2) is 0 Å². The minimum absolute atomic E-state index is 0.0770. The molecule has 20 heavy (non-hydrogen) atoms. The molecule has 6 fully saturated rings. The summed E-state index contributed by atoms with van der Waals surface area (Å²) in [5.74, 6) is 5.71. The molecule has 110 valence electrons. The number of carbonyl (C=O) groups excluding carboxylic acids is 1. The Balaban J connectivity index is 1.66. The van der Waals surface area contributed by atoms with Gasteiger partial charge in [-0.15, -0.1) is 0 Å². The summed E-state index contributed by atoms with van der Waals surface area (Å²) in [6.45, 7) is 4.80. The van der Waals surface area contributed by atoms with E-state index < -0.39 is 0 Å². The summed E-state index contributed by atoms with van der Waals surface area (Å²) in [6.07, 6.45) is 8.04. The topological polar surface area (TPSA) is 26.3 Å². The standard InChI is InChI=1S/C18H26O2/c1-9-3-4-11-5-6-18-10(2)7-14(20-17(18)19)13-8-12(9)15(11)16(13)18/h9-16H,3-8H2,1-2H3/t9?,10-,11?,12?,13?,14-,15?,16?,18+/m0/s1. The third-order valence-corrected chi connectivity index (χ3v) is 8.29. The Hall–Kier alpha value is -0.530. The van der Waals surface area contributed by atoms with E-state index in [4.69, 9.17) is 4.74 Å². The van der Waals surface area contributed by atoms with E-state index >= 15 is 0 Å². The van der Waals surface area contributed by atoms with Crippen molar-refractivity contribution in [2.75, 3.05) is 0 Å². The molecule has 6 rings (SSSR count). The molecule has 6 aliphatic rings. The van der Waals surface area contributed by atoms with Gasteiger partial charge in [-0.1, -0.05) is 20.3 Å². The first kappa shape index (κ1) is 12.1. The minimum atomic E-state index is -0.0770. The first-order valence-electron chi connectivity index (χ1n) is 8.84. The molecule has 0 amide bonds. The molecule has 0 radical (unpaired) electrons. The van der Waals surface area contributed by atoms with E-state index in [-0.39, 0.29) is 17.5 Å². The molecular weight excluding hydrogens is 248 g/mol. The molecular formula is C18H26O2. The first-order chi connectivity index (χ1) is 9.63.